The lowest BCUT2D eigenvalue weighted by atomic mass is 10.0. The Morgan fingerprint density at radius 3 is 3.13 bits per heavy atom. The van der Waals surface area contributed by atoms with Crippen molar-refractivity contribution in [1.82, 2.24) is 19.4 Å². The highest BCUT2D eigenvalue weighted by Crippen LogP contribution is 2.24. The van der Waals surface area contributed by atoms with E-state index in [4.69, 9.17) is 9.72 Å². The first-order valence-electron chi connectivity index (χ1n) is 8.97. The summed E-state index contributed by atoms with van der Waals surface area (Å²) < 4.78 is 7.93. The lowest BCUT2D eigenvalue weighted by Crippen LogP contribution is -2.33. The molecule has 4 rings (SSSR count). The standard InChI is InChI=1S/C18H26N4O/c1-2-21-9-4-5-15(21)12-22-17(11-14-7-10-23-13-14)20-16-6-3-8-19-18(16)22/h3,6,8,14-15H,2,4-5,7,9-13H2,1H3. The van der Waals surface area contributed by atoms with Crippen molar-refractivity contribution in [3.05, 3.63) is 24.2 Å². The van der Waals surface area contributed by atoms with E-state index in [0.717, 1.165) is 50.3 Å². The van der Waals surface area contributed by atoms with Crippen LogP contribution in [0.25, 0.3) is 11.2 Å². The Bertz CT molecular complexity index is 662. The van der Waals surface area contributed by atoms with Crippen molar-refractivity contribution in [2.24, 2.45) is 5.92 Å². The number of hydrogen-bond donors (Lipinski definition) is 0. The van der Waals surface area contributed by atoms with E-state index in [2.05, 4.69) is 27.4 Å². The van der Waals surface area contributed by atoms with Crippen LogP contribution >= 0.6 is 0 Å². The lowest BCUT2D eigenvalue weighted by Gasteiger charge is -2.24. The third-order valence-corrected chi connectivity index (χ3v) is 5.38. The molecule has 0 radical (unpaired) electrons. The number of nitrogens with zero attached hydrogens (tertiary/aromatic N) is 4. The number of hydrogen-bond acceptors (Lipinski definition) is 4. The van der Waals surface area contributed by atoms with Crippen molar-refractivity contribution in [3.63, 3.8) is 0 Å². The highest BCUT2D eigenvalue weighted by Gasteiger charge is 2.26. The maximum atomic E-state index is 5.55. The van der Waals surface area contributed by atoms with Gasteiger partial charge in [0, 0.05) is 38.4 Å². The van der Waals surface area contributed by atoms with Crippen molar-refractivity contribution in [2.75, 3.05) is 26.3 Å². The summed E-state index contributed by atoms with van der Waals surface area (Å²) in [6.45, 7) is 7.42. The van der Waals surface area contributed by atoms with Gasteiger partial charge in [-0.05, 0) is 50.4 Å². The molecule has 0 aromatic carbocycles. The second kappa shape index (κ2) is 6.57. The van der Waals surface area contributed by atoms with E-state index < -0.39 is 0 Å². The molecule has 0 spiro atoms. The zero-order valence-electron chi connectivity index (χ0n) is 13.9. The Kier molecular flexibility index (Phi) is 4.31. The maximum absolute atomic E-state index is 5.55. The molecule has 2 aliphatic heterocycles. The van der Waals surface area contributed by atoms with Gasteiger partial charge in [-0.2, -0.15) is 0 Å². The van der Waals surface area contributed by atoms with Crippen LogP contribution in [-0.4, -0.2) is 51.8 Å². The van der Waals surface area contributed by atoms with Crippen molar-refractivity contribution >= 4 is 11.2 Å². The summed E-state index contributed by atoms with van der Waals surface area (Å²) in [5, 5.41) is 0. The van der Waals surface area contributed by atoms with E-state index in [1.165, 1.54) is 25.2 Å². The molecular weight excluding hydrogens is 288 g/mol. The van der Waals surface area contributed by atoms with E-state index in [9.17, 15) is 0 Å². The molecular formula is C18H26N4O. The van der Waals surface area contributed by atoms with Crippen molar-refractivity contribution in [3.8, 4) is 0 Å². The van der Waals surface area contributed by atoms with Crippen LogP contribution in [0, 0.1) is 5.92 Å². The van der Waals surface area contributed by atoms with Crippen molar-refractivity contribution < 1.29 is 4.74 Å². The summed E-state index contributed by atoms with van der Waals surface area (Å²) in [7, 11) is 0. The molecule has 0 saturated carbocycles. The summed E-state index contributed by atoms with van der Waals surface area (Å²) in [5.74, 6) is 1.80. The molecule has 2 aromatic rings. The van der Waals surface area contributed by atoms with Crippen LogP contribution in [0.3, 0.4) is 0 Å². The van der Waals surface area contributed by atoms with Gasteiger partial charge in [-0.1, -0.05) is 6.92 Å². The SMILES string of the molecule is CCN1CCCC1Cn1c(CC2CCOC2)nc2cccnc21. The average molecular weight is 314 g/mol. The number of fused-ring (bicyclic) bond motifs is 1. The molecule has 2 aromatic heterocycles. The summed E-state index contributed by atoms with van der Waals surface area (Å²) in [6.07, 6.45) is 6.64. The molecule has 2 aliphatic rings. The van der Waals surface area contributed by atoms with Gasteiger partial charge in [0.1, 0.15) is 11.3 Å². The van der Waals surface area contributed by atoms with Gasteiger partial charge in [-0.25, -0.2) is 9.97 Å². The van der Waals surface area contributed by atoms with E-state index >= 15 is 0 Å². The normalized spacial score (nSPS) is 25.6. The van der Waals surface area contributed by atoms with Crippen molar-refractivity contribution in [2.45, 2.75) is 45.2 Å². The molecule has 0 amide bonds. The van der Waals surface area contributed by atoms with E-state index in [1.807, 2.05) is 12.3 Å². The molecule has 2 saturated heterocycles. The Morgan fingerprint density at radius 1 is 1.35 bits per heavy atom. The first-order chi connectivity index (χ1) is 11.3. The van der Waals surface area contributed by atoms with Crippen molar-refractivity contribution in [1.29, 1.82) is 0 Å². The number of imidazole rings is 1. The molecule has 0 N–H and O–H groups in total. The quantitative estimate of drug-likeness (QED) is 0.850. The van der Waals surface area contributed by atoms with Gasteiger partial charge in [0.2, 0.25) is 0 Å². The predicted octanol–water partition coefficient (Wildman–Crippen LogP) is 2.49. The van der Waals surface area contributed by atoms with Gasteiger partial charge in [0.25, 0.3) is 0 Å². The van der Waals surface area contributed by atoms with E-state index in [0.29, 0.717) is 12.0 Å². The zero-order valence-corrected chi connectivity index (χ0v) is 13.9. The molecule has 2 fully saturated rings. The van der Waals surface area contributed by atoms with Crippen LogP contribution in [0.2, 0.25) is 0 Å². The minimum absolute atomic E-state index is 0.608. The van der Waals surface area contributed by atoms with E-state index in [-0.39, 0.29) is 0 Å². The average Bonchev–Trinajstić information content (AvgIpc) is 3.29. The molecule has 0 bridgehead atoms. The van der Waals surface area contributed by atoms with Gasteiger partial charge in [-0.15, -0.1) is 0 Å². The highest BCUT2D eigenvalue weighted by molar-refractivity contribution is 5.71. The van der Waals surface area contributed by atoms with Gasteiger partial charge < -0.3 is 9.30 Å². The number of likely N-dealkylation sites (tertiary alicyclic amines) is 1. The predicted molar refractivity (Wildman–Crippen MR) is 90.4 cm³/mol. The number of pyridine rings is 1. The van der Waals surface area contributed by atoms with Crippen LogP contribution in [-0.2, 0) is 17.7 Å². The van der Waals surface area contributed by atoms with Crippen LogP contribution in [0.5, 0.6) is 0 Å². The molecule has 23 heavy (non-hydrogen) atoms. The largest absolute Gasteiger partial charge is 0.381 e. The number of likely N-dealkylation sites (N-methyl/N-ethyl adjacent to an activating group) is 1. The maximum Gasteiger partial charge on any atom is 0.160 e. The van der Waals surface area contributed by atoms with Crippen LogP contribution in [0.1, 0.15) is 32.0 Å². The summed E-state index contributed by atoms with van der Waals surface area (Å²) in [6, 6.07) is 4.69. The third-order valence-electron chi connectivity index (χ3n) is 5.38. The number of ether oxygens (including phenoxy) is 1. The second-order valence-corrected chi connectivity index (χ2v) is 6.84. The Labute approximate surface area is 137 Å². The van der Waals surface area contributed by atoms with Gasteiger partial charge in [0.15, 0.2) is 5.65 Å². The van der Waals surface area contributed by atoms with E-state index in [1.54, 1.807) is 0 Å². The molecule has 2 unspecified atom stereocenters. The molecule has 0 aliphatic carbocycles. The Hall–Kier alpha value is -1.46. The molecule has 5 nitrogen and oxygen atoms in total. The topological polar surface area (TPSA) is 43.2 Å². The summed E-state index contributed by atoms with van der Waals surface area (Å²) in [4.78, 5) is 12.1. The Morgan fingerprint density at radius 2 is 2.30 bits per heavy atom. The number of aromatic nitrogens is 3. The van der Waals surface area contributed by atoms with Crippen LogP contribution in [0.4, 0.5) is 0 Å². The summed E-state index contributed by atoms with van der Waals surface area (Å²) >= 11 is 0. The van der Waals surface area contributed by atoms with Gasteiger partial charge >= 0.3 is 0 Å². The van der Waals surface area contributed by atoms with Gasteiger partial charge in [0.05, 0.1) is 0 Å². The molecule has 124 valence electrons. The number of rotatable bonds is 5. The molecule has 2 atom stereocenters. The fraction of sp³-hybridized carbons (Fsp3) is 0.667. The molecule has 5 heteroatoms. The first-order valence-corrected chi connectivity index (χ1v) is 8.97. The lowest BCUT2D eigenvalue weighted by molar-refractivity contribution is 0.185. The fourth-order valence-electron chi connectivity index (χ4n) is 4.08. The smallest absolute Gasteiger partial charge is 0.160 e. The monoisotopic (exact) mass is 314 g/mol. The molecule has 4 heterocycles. The summed E-state index contributed by atoms with van der Waals surface area (Å²) in [5.41, 5.74) is 2.08. The minimum Gasteiger partial charge on any atom is -0.381 e. The Balaban J connectivity index is 1.64. The van der Waals surface area contributed by atoms with Crippen LogP contribution in [0.15, 0.2) is 18.3 Å². The van der Waals surface area contributed by atoms with Crippen LogP contribution < -0.4 is 0 Å². The first kappa shape index (κ1) is 15.1. The zero-order chi connectivity index (χ0) is 15.6. The fourth-order valence-corrected chi connectivity index (χ4v) is 4.08. The highest BCUT2D eigenvalue weighted by atomic mass is 16.5. The second-order valence-electron chi connectivity index (χ2n) is 6.84. The van der Waals surface area contributed by atoms with Gasteiger partial charge in [-0.3, -0.25) is 4.90 Å². The third kappa shape index (κ3) is 3.00. The minimum atomic E-state index is 0.608.